The predicted molar refractivity (Wildman–Crippen MR) is 91.2 cm³/mol. The van der Waals surface area contributed by atoms with Gasteiger partial charge in [-0.15, -0.1) is 0 Å². The summed E-state index contributed by atoms with van der Waals surface area (Å²) in [6.07, 6.45) is 0. The number of hydrogen-bond donors (Lipinski definition) is 2. The Morgan fingerprint density at radius 2 is 1.88 bits per heavy atom. The number of ether oxygens (including phenoxy) is 1. The van der Waals surface area contributed by atoms with Crippen LogP contribution in [0.4, 0.5) is 15.8 Å². The number of carbonyl (C=O) groups is 2. The van der Waals surface area contributed by atoms with Gasteiger partial charge >= 0.3 is 5.97 Å². The SMILES string of the molecule is CNc1ccc([N+](=O)[O-])cc1C(=O)OCC(=O)NCc1ccc(F)cc1. The summed E-state index contributed by atoms with van der Waals surface area (Å²) in [4.78, 5) is 34.1. The van der Waals surface area contributed by atoms with E-state index in [1.807, 2.05) is 0 Å². The minimum absolute atomic E-state index is 0.0481. The highest BCUT2D eigenvalue weighted by Crippen LogP contribution is 2.22. The van der Waals surface area contributed by atoms with E-state index in [1.165, 1.54) is 36.4 Å². The molecule has 0 atom stereocenters. The summed E-state index contributed by atoms with van der Waals surface area (Å²) in [6, 6.07) is 9.27. The van der Waals surface area contributed by atoms with E-state index in [2.05, 4.69) is 10.6 Å². The third-order valence-electron chi connectivity index (χ3n) is 3.44. The number of benzene rings is 2. The smallest absolute Gasteiger partial charge is 0.341 e. The fourth-order valence-electron chi connectivity index (χ4n) is 2.10. The van der Waals surface area contributed by atoms with E-state index in [9.17, 15) is 24.1 Å². The number of halogens is 1. The Bertz CT molecular complexity index is 824. The molecule has 0 unspecified atom stereocenters. The zero-order valence-electron chi connectivity index (χ0n) is 13.8. The number of nitro groups is 1. The highest BCUT2D eigenvalue weighted by molar-refractivity contribution is 5.97. The minimum atomic E-state index is -0.866. The molecule has 0 fully saturated rings. The number of hydrogen-bond acceptors (Lipinski definition) is 6. The second-order valence-corrected chi connectivity index (χ2v) is 5.22. The summed E-state index contributed by atoms with van der Waals surface area (Å²) in [7, 11) is 1.55. The predicted octanol–water partition coefficient (Wildman–Crippen LogP) is 2.25. The van der Waals surface area contributed by atoms with Gasteiger partial charge in [0.25, 0.3) is 11.6 Å². The van der Waals surface area contributed by atoms with Crippen LogP contribution in [0.15, 0.2) is 42.5 Å². The fourth-order valence-corrected chi connectivity index (χ4v) is 2.10. The molecule has 2 rings (SSSR count). The van der Waals surface area contributed by atoms with Gasteiger partial charge in [-0.2, -0.15) is 0 Å². The van der Waals surface area contributed by atoms with Crippen LogP contribution in [0.1, 0.15) is 15.9 Å². The maximum absolute atomic E-state index is 12.8. The molecule has 0 heterocycles. The number of rotatable bonds is 7. The van der Waals surface area contributed by atoms with Crippen molar-refractivity contribution in [2.24, 2.45) is 0 Å². The van der Waals surface area contributed by atoms with Gasteiger partial charge in [-0.3, -0.25) is 14.9 Å². The molecule has 0 saturated heterocycles. The van der Waals surface area contributed by atoms with Gasteiger partial charge in [0, 0.05) is 31.4 Å². The molecule has 0 aromatic heterocycles. The maximum atomic E-state index is 12.8. The highest BCUT2D eigenvalue weighted by Gasteiger charge is 2.18. The standard InChI is InChI=1S/C17H16FN3O5/c1-19-15-7-6-13(21(24)25)8-14(15)17(23)26-10-16(22)20-9-11-2-4-12(18)5-3-11/h2-8,19H,9-10H2,1H3,(H,20,22). The third kappa shape index (κ3) is 5.00. The molecule has 2 aromatic rings. The Labute approximate surface area is 148 Å². The first-order valence-electron chi connectivity index (χ1n) is 7.55. The number of nitro benzene ring substituents is 1. The van der Waals surface area contributed by atoms with Crippen LogP contribution in [0.25, 0.3) is 0 Å². The summed E-state index contributed by atoms with van der Waals surface area (Å²) in [6.45, 7) is -0.402. The van der Waals surface area contributed by atoms with Gasteiger partial charge in [-0.1, -0.05) is 12.1 Å². The summed E-state index contributed by atoms with van der Waals surface area (Å²) >= 11 is 0. The van der Waals surface area contributed by atoms with E-state index in [1.54, 1.807) is 7.05 Å². The molecule has 0 aliphatic rings. The van der Waals surface area contributed by atoms with Crippen LogP contribution in [0, 0.1) is 15.9 Å². The summed E-state index contributed by atoms with van der Waals surface area (Å²) in [5.41, 5.74) is 0.708. The van der Waals surface area contributed by atoms with Crippen molar-refractivity contribution in [1.82, 2.24) is 5.32 Å². The molecule has 0 aliphatic heterocycles. The summed E-state index contributed by atoms with van der Waals surface area (Å²) in [5, 5.41) is 16.1. The molecule has 0 bridgehead atoms. The van der Waals surface area contributed by atoms with Crippen molar-refractivity contribution in [3.8, 4) is 0 Å². The van der Waals surface area contributed by atoms with Gasteiger partial charge in [0.1, 0.15) is 5.82 Å². The fraction of sp³-hybridized carbons (Fsp3) is 0.176. The molecular formula is C17H16FN3O5. The molecule has 9 heteroatoms. The van der Waals surface area contributed by atoms with Crippen LogP contribution in [0.5, 0.6) is 0 Å². The van der Waals surface area contributed by atoms with Gasteiger partial charge in [0.2, 0.25) is 0 Å². The zero-order chi connectivity index (χ0) is 19.1. The molecule has 0 saturated carbocycles. The monoisotopic (exact) mass is 361 g/mol. The van der Waals surface area contributed by atoms with Crippen LogP contribution in [-0.2, 0) is 16.1 Å². The van der Waals surface area contributed by atoms with Crippen molar-refractivity contribution in [2.75, 3.05) is 19.0 Å². The number of nitrogens with zero attached hydrogens (tertiary/aromatic N) is 1. The molecule has 0 aliphatic carbocycles. The average Bonchev–Trinajstić information content (AvgIpc) is 2.65. The Morgan fingerprint density at radius 1 is 1.19 bits per heavy atom. The van der Waals surface area contributed by atoms with Gasteiger partial charge in [-0.05, 0) is 23.8 Å². The number of amides is 1. The molecule has 8 nitrogen and oxygen atoms in total. The minimum Gasteiger partial charge on any atom is -0.452 e. The van der Waals surface area contributed by atoms with E-state index >= 15 is 0 Å². The topological polar surface area (TPSA) is 111 Å². The normalized spacial score (nSPS) is 10.1. The number of anilines is 1. The lowest BCUT2D eigenvalue weighted by Gasteiger charge is -2.10. The van der Waals surface area contributed by atoms with Gasteiger partial charge in [0.05, 0.1) is 10.5 Å². The quantitative estimate of drug-likeness (QED) is 0.445. The highest BCUT2D eigenvalue weighted by atomic mass is 19.1. The Balaban J connectivity index is 1.93. The molecule has 0 spiro atoms. The third-order valence-corrected chi connectivity index (χ3v) is 3.44. The number of non-ortho nitro benzene ring substituents is 1. The number of nitrogens with one attached hydrogen (secondary N) is 2. The van der Waals surface area contributed by atoms with E-state index in [4.69, 9.17) is 4.74 Å². The first-order chi connectivity index (χ1) is 12.4. The Morgan fingerprint density at radius 3 is 2.50 bits per heavy atom. The molecule has 0 radical (unpaired) electrons. The molecule has 1 amide bonds. The second-order valence-electron chi connectivity index (χ2n) is 5.22. The van der Waals surface area contributed by atoms with Crippen LogP contribution >= 0.6 is 0 Å². The van der Waals surface area contributed by atoms with E-state index in [0.29, 0.717) is 11.3 Å². The van der Waals surface area contributed by atoms with Crippen molar-refractivity contribution >= 4 is 23.3 Å². The van der Waals surface area contributed by atoms with Crippen LogP contribution in [0.2, 0.25) is 0 Å². The number of carbonyl (C=O) groups excluding carboxylic acids is 2. The van der Waals surface area contributed by atoms with Crippen molar-refractivity contribution in [3.05, 3.63) is 69.5 Å². The summed E-state index contributed by atoms with van der Waals surface area (Å²) in [5.74, 6) is -1.81. The first kappa shape index (κ1) is 18.8. The van der Waals surface area contributed by atoms with Gasteiger partial charge < -0.3 is 15.4 Å². The van der Waals surface area contributed by atoms with Gasteiger partial charge in [0.15, 0.2) is 6.61 Å². The largest absolute Gasteiger partial charge is 0.452 e. The van der Waals surface area contributed by atoms with Crippen LogP contribution < -0.4 is 10.6 Å². The molecule has 136 valence electrons. The van der Waals surface area contributed by atoms with Crippen molar-refractivity contribution < 1.29 is 23.6 Å². The summed E-state index contributed by atoms with van der Waals surface area (Å²) < 4.78 is 17.7. The van der Waals surface area contributed by atoms with Crippen LogP contribution in [0.3, 0.4) is 0 Å². The molecular weight excluding hydrogens is 345 g/mol. The van der Waals surface area contributed by atoms with Crippen molar-refractivity contribution in [1.29, 1.82) is 0 Å². The second kappa shape index (κ2) is 8.56. The van der Waals surface area contributed by atoms with E-state index in [0.717, 1.165) is 6.07 Å². The van der Waals surface area contributed by atoms with E-state index in [-0.39, 0.29) is 23.6 Å². The Kier molecular flexibility index (Phi) is 6.20. The molecule has 2 N–H and O–H groups in total. The van der Waals surface area contributed by atoms with Crippen molar-refractivity contribution in [3.63, 3.8) is 0 Å². The average molecular weight is 361 g/mol. The van der Waals surface area contributed by atoms with Crippen LogP contribution in [-0.4, -0.2) is 30.5 Å². The van der Waals surface area contributed by atoms with Crippen molar-refractivity contribution in [2.45, 2.75) is 6.54 Å². The van der Waals surface area contributed by atoms with Gasteiger partial charge in [-0.25, -0.2) is 9.18 Å². The van der Waals surface area contributed by atoms with E-state index < -0.39 is 23.4 Å². The molecule has 26 heavy (non-hydrogen) atoms. The lowest BCUT2D eigenvalue weighted by atomic mass is 10.1. The lowest BCUT2D eigenvalue weighted by Crippen LogP contribution is -2.28. The maximum Gasteiger partial charge on any atom is 0.341 e. The Hall–Kier alpha value is -3.49. The zero-order valence-corrected chi connectivity index (χ0v) is 13.8. The first-order valence-corrected chi connectivity index (χ1v) is 7.55. The number of esters is 1. The molecule has 2 aromatic carbocycles. The lowest BCUT2D eigenvalue weighted by molar-refractivity contribution is -0.384.